The molecule has 3 aliphatic rings. The van der Waals surface area contributed by atoms with Crippen LogP contribution < -0.4 is 4.74 Å². The van der Waals surface area contributed by atoms with Crippen molar-refractivity contribution in [1.29, 1.82) is 0 Å². The van der Waals surface area contributed by atoms with Gasteiger partial charge in [0.05, 0.1) is 12.7 Å². The average molecular weight is 517 g/mol. The zero-order chi connectivity index (χ0) is 26.0. The Balaban J connectivity index is 1.39. The maximum atomic E-state index is 16.1. The molecule has 2 heterocycles. The summed E-state index contributed by atoms with van der Waals surface area (Å²) >= 11 is 0. The second-order valence-electron chi connectivity index (χ2n) is 9.44. The Labute approximate surface area is 198 Å². The molecule has 0 radical (unpaired) electrons. The molecule has 0 spiro atoms. The van der Waals surface area contributed by atoms with Gasteiger partial charge in [-0.15, -0.1) is 5.10 Å². The van der Waals surface area contributed by atoms with Crippen LogP contribution >= 0.6 is 0 Å². The van der Waals surface area contributed by atoms with Crippen molar-refractivity contribution in [1.82, 2.24) is 25.2 Å². The van der Waals surface area contributed by atoms with E-state index < -0.39 is 58.9 Å². The monoisotopic (exact) mass is 517 g/mol. The normalized spacial score (nSPS) is 25.0. The maximum absolute atomic E-state index is 16.1. The highest BCUT2D eigenvalue weighted by Gasteiger charge is 2.82. The number of nitrogens with zero attached hydrogens (tertiary/aromatic N) is 5. The van der Waals surface area contributed by atoms with Crippen LogP contribution in [0.2, 0.25) is 0 Å². The summed E-state index contributed by atoms with van der Waals surface area (Å²) in [7, 11) is 0. The van der Waals surface area contributed by atoms with Crippen LogP contribution in [0.4, 0.5) is 30.7 Å². The van der Waals surface area contributed by atoms with Crippen molar-refractivity contribution in [2.24, 2.45) is 5.41 Å². The molecule has 1 N–H and O–H groups in total. The van der Waals surface area contributed by atoms with Crippen LogP contribution in [0.5, 0.6) is 5.75 Å². The summed E-state index contributed by atoms with van der Waals surface area (Å²) in [4.78, 5) is 4.10. The lowest BCUT2D eigenvalue weighted by molar-refractivity contribution is -0.348. The molecule has 7 nitrogen and oxygen atoms in total. The predicted octanol–water partition coefficient (Wildman–Crippen LogP) is 3.93. The van der Waals surface area contributed by atoms with Gasteiger partial charge in [0.25, 0.3) is 5.92 Å². The SMILES string of the molecule is O[C@@](Cn1cnnn1)(c1ccc(F)cc1F)C(F)(F)C12CC(c3ccc(OCC(F)(F)F)cn3)(C1)C2. The number of halogens is 7. The molecule has 3 aliphatic carbocycles. The minimum atomic E-state index is -4.52. The molecule has 6 rings (SSSR count). The second-order valence-corrected chi connectivity index (χ2v) is 9.44. The van der Waals surface area contributed by atoms with E-state index in [0.717, 1.165) is 29.3 Å². The number of tetrazole rings is 1. The first-order chi connectivity index (χ1) is 16.8. The lowest BCUT2D eigenvalue weighted by atomic mass is 9.31. The number of ether oxygens (including phenoxy) is 1. The van der Waals surface area contributed by atoms with E-state index in [1.54, 1.807) is 0 Å². The molecule has 0 saturated heterocycles. The molecule has 3 aromatic rings. The molecule has 3 saturated carbocycles. The van der Waals surface area contributed by atoms with Gasteiger partial charge < -0.3 is 9.84 Å². The molecule has 2 aromatic heterocycles. The number of pyridine rings is 1. The summed E-state index contributed by atoms with van der Waals surface area (Å²) in [5.41, 5.74) is -5.99. The molecule has 14 heteroatoms. The Bertz CT molecular complexity index is 1250. The van der Waals surface area contributed by atoms with Gasteiger partial charge in [0, 0.05) is 28.2 Å². The van der Waals surface area contributed by atoms with Crippen LogP contribution in [-0.4, -0.2) is 49.0 Å². The van der Waals surface area contributed by atoms with Gasteiger partial charge in [-0.3, -0.25) is 4.98 Å². The van der Waals surface area contributed by atoms with Gasteiger partial charge in [0.1, 0.15) is 23.7 Å². The van der Waals surface area contributed by atoms with Crippen LogP contribution in [0, 0.1) is 17.0 Å². The molecule has 0 amide bonds. The van der Waals surface area contributed by atoms with E-state index in [0.29, 0.717) is 11.8 Å². The smallest absolute Gasteiger partial charge is 0.422 e. The van der Waals surface area contributed by atoms with Crippen molar-refractivity contribution in [3.05, 3.63) is 65.7 Å². The van der Waals surface area contributed by atoms with E-state index in [-0.39, 0.29) is 25.0 Å². The Morgan fingerprint density at radius 3 is 2.31 bits per heavy atom. The number of hydrogen-bond donors (Lipinski definition) is 1. The van der Waals surface area contributed by atoms with Gasteiger partial charge in [-0.05, 0) is 54.0 Å². The number of rotatable bonds is 8. The first-order valence-electron chi connectivity index (χ1n) is 10.7. The number of hydrogen-bond acceptors (Lipinski definition) is 6. The minimum Gasteiger partial charge on any atom is -0.483 e. The second kappa shape index (κ2) is 7.85. The Hall–Kier alpha value is -3.29. The highest BCUT2D eigenvalue weighted by atomic mass is 19.4. The third-order valence-corrected chi connectivity index (χ3v) is 7.06. The van der Waals surface area contributed by atoms with Gasteiger partial charge >= 0.3 is 6.18 Å². The van der Waals surface area contributed by atoms with Gasteiger partial charge in [0.2, 0.25) is 0 Å². The van der Waals surface area contributed by atoms with E-state index >= 15 is 8.78 Å². The van der Waals surface area contributed by atoms with E-state index in [1.165, 1.54) is 12.1 Å². The summed E-state index contributed by atoms with van der Waals surface area (Å²) in [6, 6.07) is 4.65. The van der Waals surface area contributed by atoms with Gasteiger partial charge in [-0.25, -0.2) is 22.2 Å². The summed E-state index contributed by atoms with van der Waals surface area (Å²) in [5, 5.41) is 21.5. The van der Waals surface area contributed by atoms with Crippen molar-refractivity contribution in [2.75, 3.05) is 6.61 Å². The molecule has 36 heavy (non-hydrogen) atoms. The van der Waals surface area contributed by atoms with Gasteiger partial charge in [-0.2, -0.15) is 13.2 Å². The topological polar surface area (TPSA) is 86.0 Å². The molecule has 0 unspecified atom stereocenters. The quantitative estimate of drug-likeness (QED) is 0.456. The van der Waals surface area contributed by atoms with Gasteiger partial charge in [0.15, 0.2) is 12.2 Å². The highest BCUT2D eigenvalue weighted by Crippen LogP contribution is 2.80. The van der Waals surface area contributed by atoms with Crippen molar-refractivity contribution in [3.8, 4) is 5.75 Å². The van der Waals surface area contributed by atoms with Crippen LogP contribution in [0.25, 0.3) is 0 Å². The van der Waals surface area contributed by atoms with E-state index in [2.05, 4.69) is 25.2 Å². The summed E-state index contributed by atoms with van der Waals surface area (Å²) in [5.74, 6) is -6.36. The summed E-state index contributed by atoms with van der Waals surface area (Å²) in [6.45, 7) is -2.39. The van der Waals surface area contributed by atoms with E-state index in [9.17, 15) is 27.1 Å². The number of aliphatic hydroxyl groups is 1. The first-order valence-corrected chi connectivity index (χ1v) is 10.7. The lowest BCUT2D eigenvalue weighted by Gasteiger charge is -2.73. The van der Waals surface area contributed by atoms with Gasteiger partial charge in [-0.1, -0.05) is 0 Å². The van der Waals surface area contributed by atoms with E-state index in [1.807, 2.05) is 0 Å². The zero-order valence-electron chi connectivity index (χ0n) is 18.3. The molecular formula is C22H18F7N5O2. The molecule has 3 fully saturated rings. The fourth-order valence-electron chi connectivity index (χ4n) is 5.44. The molecule has 2 bridgehead atoms. The largest absolute Gasteiger partial charge is 0.483 e. The predicted molar refractivity (Wildman–Crippen MR) is 107 cm³/mol. The highest BCUT2D eigenvalue weighted by molar-refractivity contribution is 5.41. The third kappa shape index (κ3) is 3.69. The van der Waals surface area contributed by atoms with Crippen molar-refractivity contribution in [3.63, 3.8) is 0 Å². The minimum absolute atomic E-state index is 0.108. The molecular weight excluding hydrogens is 499 g/mol. The molecule has 1 atom stereocenters. The van der Waals surface area contributed by atoms with Crippen molar-refractivity contribution in [2.45, 2.75) is 48.9 Å². The first kappa shape index (κ1) is 24.4. The molecule has 0 aliphatic heterocycles. The molecule has 1 aromatic carbocycles. The van der Waals surface area contributed by atoms with Crippen molar-refractivity contribution < 1.29 is 40.6 Å². The van der Waals surface area contributed by atoms with E-state index in [4.69, 9.17) is 0 Å². The third-order valence-electron chi connectivity index (χ3n) is 7.06. The zero-order valence-corrected chi connectivity index (χ0v) is 18.3. The Kier molecular flexibility index (Phi) is 5.32. The Morgan fingerprint density at radius 2 is 1.75 bits per heavy atom. The average Bonchev–Trinajstić information content (AvgIpc) is 3.23. The Morgan fingerprint density at radius 1 is 1.03 bits per heavy atom. The summed E-state index contributed by atoms with van der Waals surface area (Å²) in [6.07, 6.45) is -2.77. The number of benzene rings is 1. The molecule has 192 valence electrons. The van der Waals surface area contributed by atoms with Crippen LogP contribution in [-0.2, 0) is 17.6 Å². The maximum Gasteiger partial charge on any atom is 0.422 e. The lowest BCUT2D eigenvalue weighted by Crippen LogP contribution is -2.76. The van der Waals surface area contributed by atoms with Crippen molar-refractivity contribution >= 4 is 0 Å². The number of alkyl halides is 5. The number of aromatic nitrogens is 5. The van der Waals surface area contributed by atoms with Crippen LogP contribution in [0.1, 0.15) is 30.5 Å². The fraction of sp³-hybridized carbons (Fsp3) is 0.455. The standard InChI is InChI=1S/C22H18F7N5O2/c23-13-1-3-15(16(24)5-13)20(35,10-34-12-31-32-33-34)22(28,29)19-7-18(8-19,9-19)17-4-2-14(6-30-17)36-11-21(25,26)27/h1-6,12,35H,7-11H2/t18?,19?,20-/m0/s1. The fourth-order valence-corrected chi connectivity index (χ4v) is 5.44. The van der Waals surface area contributed by atoms with Crippen LogP contribution in [0.3, 0.4) is 0 Å². The van der Waals surface area contributed by atoms with Crippen LogP contribution in [0.15, 0.2) is 42.9 Å². The summed E-state index contributed by atoms with van der Waals surface area (Å²) < 4.78 is 103.